The average molecular weight is 734 g/mol. The summed E-state index contributed by atoms with van der Waals surface area (Å²) in [6.45, 7) is 0. The van der Waals surface area contributed by atoms with Gasteiger partial charge in [-0.15, -0.1) is 4.68 Å². The number of nitrogens with zero attached hydrogens (tertiary/aromatic N) is 14. The molecule has 2 aliphatic carbocycles. The second-order valence-corrected chi connectivity index (χ2v) is 14.6. The van der Waals surface area contributed by atoms with Gasteiger partial charge in [-0.1, -0.05) is 16.7 Å². The molecule has 0 spiro atoms. The van der Waals surface area contributed by atoms with Crippen molar-refractivity contribution < 1.29 is 9.07 Å². The quantitative estimate of drug-likeness (QED) is 0.121. The smallest absolute Gasteiger partial charge is 0.205 e. The molecule has 2 unspecified atom stereocenters. The van der Waals surface area contributed by atoms with Crippen molar-refractivity contribution in [1.29, 1.82) is 0 Å². The summed E-state index contributed by atoms with van der Waals surface area (Å²) in [6, 6.07) is 7.59. The van der Waals surface area contributed by atoms with Gasteiger partial charge >= 0.3 is 0 Å². The molecular formula is C40H38FN14+. The van der Waals surface area contributed by atoms with Gasteiger partial charge in [0.1, 0.15) is 22.9 Å². The Morgan fingerprint density at radius 2 is 1.38 bits per heavy atom. The number of allylic oxidation sites excluding steroid dienone is 1. The summed E-state index contributed by atoms with van der Waals surface area (Å²) in [4.78, 5) is 19.3. The first-order valence-corrected chi connectivity index (χ1v) is 18.6. The summed E-state index contributed by atoms with van der Waals surface area (Å²) in [7, 11) is 3.87. The summed E-state index contributed by atoms with van der Waals surface area (Å²) in [5.41, 5.74) is 6.84. The molecule has 2 aliphatic rings. The number of hydrogen-bond acceptors (Lipinski definition) is 7. The fourth-order valence-electron chi connectivity index (χ4n) is 7.51. The van der Waals surface area contributed by atoms with E-state index >= 15 is 0 Å². The highest BCUT2D eigenvalue weighted by Crippen LogP contribution is 2.43. The third-order valence-corrected chi connectivity index (χ3v) is 10.7. The summed E-state index contributed by atoms with van der Waals surface area (Å²) < 4.78 is 26.5. The molecule has 274 valence electrons. The first-order valence-electron chi connectivity index (χ1n) is 18.6. The summed E-state index contributed by atoms with van der Waals surface area (Å²) in [5.74, 6) is 6.01. The molecular weight excluding hydrogens is 696 g/mol. The molecule has 55 heavy (non-hydrogen) atoms. The molecule has 8 aromatic rings. The van der Waals surface area contributed by atoms with E-state index in [4.69, 9.17) is 20.2 Å². The van der Waals surface area contributed by atoms with Crippen molar-refractivity contribution >= 4 is 11.3 Å². The number of hydrogen-bond donors (Lipinski definition) is 0. The number of halogens is 1. The van der Waals surface area contributed by atoms with Crippen LogP contribution in [0.15, 0.2) is 98.9 Å². The first-order chi connectivity index (χ1) is 27.0. The molecule has 8 aromatic heterocycles. The van der Waals surface area contributed by atoms with E-state index in [1.165, 1.54) is 0 Å². The minimum atomic E-state index is 0.129. The van der Waals surface area contributed by atoms with Crippen LogP contribution in [0.5, 0.6) is 0 Å². The Balaban J connectivity index is 0.909. The van der Waals surface area contributed by atoms with Gasteiger partial charge in [-0.25, -0.2) is 24.3 Å². The van der Waals surface area contributed by atoms with Crippen LogP contribution in [0.25, 0.3) is 56.6 Å². The van der Waals surface area contributed by atoms with Crippen molar-refractivity contribution in [1.82, 2.24) is 62.8 Å². The summed E-state index contributed by atoms with van der Waals surface area (Å²) >= 11 is 0. The third-order valence-electron chi connectivity index (χ3n) is 10.7. The maximum atomic E-state index is 12.9. The van der Waals surface area contributed by atoms with Crippen molar-refractivity contribution in [3.63, 3.8) is 0 Å². The predicted molar refractivity (Wildman–Crippen MR) is 201 cm³/mol. The normalized spacial score (nSPS) is 15.6. The average Bonchev–Trinajstić information content (AvgIpc) is 3.69. The van der Waals surface area contributed by atoms with Gasteiger partial charge < -0.3 is 0 Å². The molecule has 0 aromatic carbocycles. The Morgan fingerprint density at radius 3 is 1.98 bits per heavy atom. The molecule has 0 radical (unpaired) electrons. The lowest BCUT2D eigenvalue weighted by molar-refractivity contribution is -0.743. The third kappa shape index (κ3) is 6.29. The second kappa shape index (κ2) is 13.3. The molecule has 0 aliphatic heterocycles. The molecule has 2 atom stereocenters. The van der Waals surface area contributed by atoms with Crippen LogP contribution in [0.2, 0.25) is 0 Å². The van der Waals surface area contributed by atoms with Crippen molar-refractivity contribution in [3.05, 3.63) is 98.9 Å². The van der Waals surface area contributed by atoms with Gasteiger partial charge in [0.2, 0.25) is 6.20 Å². The van der Waals surface area contributed by atoms with E-state index in [0.717, 1.165) is 82.3 Å². The van der Waals surface area contributed by atoms with Crippen molar-refractivity contribution in [3.8, 4) is 57.3 Å². The van der Waals surface area contributed by atoms with Gasteiger partial charge in [0, 0.05) is 74.5 Å². The molecule has 0 N–H and O–H groups in total. The SMILES string of the molecule is Cn1cc(-c2cc3nccn3c(-c3cnn(C(CC#Cn4cc(-c5cc6nccn6c(-c6cnn(C(C/C=C\F)C7CC7)c6)n5)c[n+]4C)C4CC4)c3)n2)cn1. The van der Waals surface area contributed by atoms with E-state index in [2.05, 4.69) is 37.9 Å². The van der Waals surface area contributed by atoms with Gasteiger partial charge in [0.25, 0.3) is 0 Å². The van der Waals surface area contributed by atoms with Crippen LogP contribution in [-0.4, -0.2) is 62.8 Å². The number of rotatable bonds is 11. The molecule has 0 saturated heterocycles. The lowest BCUT2D eigenvalue weighted by Crippen LogP contribution is -2.35. The molecule has 15 heteroatoms. The van der Waals surface area contributed by atoms with Crippen LogP contribution in [-0.2, 0) is 14.1 Å². The Morgan fingerprint density at radius 1 is 0.782 bits per heavy atom. The van der Waals surface area contributed by atoms with Crippen LogP contribution >= 0.6 is 0 Å². The zero-order valence-electron chi connectivity index (χ0n) is 30.4. The van der Waals surface area contributed by atoms with E-state index in [9.17, 15) is 4.39 Å². The van der Waals surface area contributed by atoms with E-state index < -0.39 is 0 Å². The lowest BCUT2D eigenvalue weighted by Gasteiger charge is -2.14. The van der Waals surface area contributed by atoms with Crippen LogP contribution in [0.3, 0.4) is 0 Å². The standard InChI is InChI=1S/C40H38FN14/c1-49-22-29(19-44-49)33-17-37-42-12-15-52(37)39(47-33)30-20-46-55(26-30)36(28-9-10-28)6-4-14-51-24-32(23-50(51)2)34-18-38-43-13-16-53(38)40(48-34)31-21-45-54(25-31)35(5-3-11-41)27-7-8-27/h3,11-13,15-28,35-36H,5-10H2,1-2H3/q+1/b11-3-. The van der Waals surface area contributed by atoms with E-state index in [1.54, 1.807) is 23.2 Å². The van der Waals surface area contributed by atoms with Gasteiger partial charge in [0.15, 0.2) is 7.05 Å². The van der Waals surface area contributed by atoms with Crippen LogP contribution in [0.4, 0.5) is 4.39 Å². The number of imidazole rings is 2. The van der Waals surface area contributed by atoms with Crippen molar-refractivity contribution in [2.24, 2.45) is 25.9 Å². The molecule has 14 nitrogen and oxygen atoms in total. The van der Waals surface area contributed by atoms with Crippen LogP contribution in [0.1, 0.15) is 50.6 Å². The van der Waals surface area contributed by atoms with Crippen LogP contribution < -0.4 is 4.68 Å². The molecule has 2 fully saturated rings. The summed E-state index contributed by atoms with van der Waals surface area (Å²) in [5, 5.41) is 13.9. The monoisotopic (exact) mass is 733 g/mol. The fraction of sp³-hybridized carbons (Fsp3) is 0.300. The van der Waals surface area contributed by atoms with Gasteiger partial charge in [-0.2, -0.15) is 15.3 Å². The Kier molecular flexibility index (Phi) is 7.97. The highest BCUT2D eigenvalue weighted by atomic mass is 19.1. The molecule has 0 bridgehead atoms. The fourth-order valence-corrected chi connectivity index (χ4v) is 7.51. The summed E-state index contributed by atoms with van der Waals surface area (Å²) in [6.07, 6.45) is 31.1. The topological polar surface area (TPSA) is 123 Å². The molecule has 8 heterocycles. The Hall–Kier alpha value is -6.69. The van der Waals surface area contributed by atoms with Gasteiger partial charge in [-0.3, -0.25) is 22.8 Å². The van der Waals surface area contributed by atoms with Crippen LogP contribution in [0, 0.1) is 23.8 Å². The molecule has 0 amide bonds. The minimum Gasteiger partial charge on any atom is -0.284 e. The number of aromatic nitrogens is 14. The zero-order valence-corrected chi connectivity index (χ0v) is 30.4. The predicted octanol–water partition coefficient (Wildman–Crippen LogP) is 5.87. The minimum absolute atomic E-state index is 0.129. The second-order valence-electron chi connectivity index (χ2n) is 14.6. The highest BCUT2D eigenvalue weighted by molar-refractivity contribution is 5.69. The van der Waals surface area contributed by atoms with E-state index in [-0.39, 0.29) is 12.1 Å². The van der Waals surface area contributed by atoms with E-state index in [1.807, 2.05) is 105 Å². The van der Waals surface area contributed by atoms with Crippen molar-refractivity contribution in [2.45, 2.75) is 50.6 Å². The number of aryl methyl sites for hydroxylation is 2. The maximum Gasteiger partial charge on any atom is 0.205 e. The maximum absolute atomic E-state index is 12.9. The van der Waals surface area contributed by atoms with Gasteiger partial charge in [0.05, 0.1) is 77.3 Å². The lowest BCUT2D eigenvalue weighted by atomic mass is 10.1. The molecule has 2 saturated carbocycles. The first kappa shape index (κ1) is 32.9. The largest absolute Gasteiger partial charge is 0.284 e. The Labute approximate surface area is 315 Å². The van der Waals surface area contributed by atoms with E-state index in [0.29, 0.717) is 31.0 Å². The van der Waals surface area contributed by atoms with Gasteiger partial charge in [-0.05, 0) is 43.9 Å². The number of fused-ring (bicyclic) bond motifs is 2. The molecule has 10 rings (SSSR count). The zero-order chi connectivity index (χ0) is 37.0. The Bertz CT molecular complexity index is 2770. The van der Waals surface area contributed by atoms with Crippen molar-refractivity contribution in [2.75, 3.05) is 0 Å². The highest BCUT2D eigenvalue weighted by Gasteiger charge is 2.34.